The number of hydrogen-bond acceptors (Lipinski definition) is 13. The summed E-state index contributed by atoms with van der Waals surface area (Å²) in [6, 6.07) is 19.9. The molecule has 0 aliphatic carbocycles. The number of alkyl halides is 3. The highest BCUT2D eigenvalue weighted by molar-refractivity contribution is 6.08. The van der Waals surface area contributed by atoms with E-state index in [0.717, 1.165) is 30.9 Å². The summed E-state index contributed by atoms with van der Waals surface area (Å²) in [5, 5.41) is 5.62. The number of nitrogens with zero attached hydrogens (tertiary/aromatic N) is 4. The van der Waals surface area contributed by atoms with E-state index in [0.29, 0.717) is 87.3 Å². The lowest BCUT2D eigenvalue weighted by Gasteiger charge is -2.25. The minimum atomic E-state index is -4.50. The molecule has 1 heterocycles. The summed E-state index contributed by atoms with van der Waals surface area (Å²) in [7, 11) is 3.31. The number of likely N-dealkylation sites (N-methyl/N-ethyl adjacent to an activating group) is 1. The number of pyridine rings is 1. The summed E-state index contributed by atoms with van der Waals surface area (Å²) in [4.78, 5) is 72.1. The summed E-state index contributed by atoms with van der Waals surface area (Å²) in [6.07, 6.45) is -3.16. The van der Waals surface area contributed by atoms with Crippen LogP contribution in [-0.2, 0) is 46.0 Å². The molecule has 0 spiro atoms. The molecule has 0 saturated carbocycles. The number of carbonyl (C=O) groups is 5. The van der Waals surface area contributed by atoms with Gasteiger partial charge in [0.05, 0.1) is 75.2 Å². The Hall–Kier alpha value is -6.25. The van der Waals surface area contributed by atoms with Gasteiger partial charge in [-0.2, -0.15) is 13.2 Å². The second-order valence-electron chi connectivity index (χ2n) is 15.0. The number of aromatic nitrogens is 1. The number of methoxy groups -OCH3 is 1. The number of benzene rings is 3. The van der Waals surface area contributed by atoms with Crippen molar-refractivity contribution < 1.29 is 60.8 Å². The summed E-state index contributed by atoms with van der Waals surface area (Å²) in [5.74, 6) is -1.91. The molecule has 0 aliphatic rings. The Labute approximate surface area is 388 Å². The average Bonchev–Trinajstić information content (AvgIpc) is 3.33. The second-order valence-corrected chi connectivity index (χ2v) is 15.0. The monoisotopic (exact) mass is 936 g/mol. The quantitative estimate of drug-likeness (QED) is 0.0283. The van der Waals surface area contributed by atoms with Crippen molar-refractivity contribution in [2.24, 2.45) is 0 Å². The molecule has 0 unspecified atom stereocenters. The summed E-state index contributed by atoms with van der Waals surface area (Å²) < 4.78 is 65.5. The van der Waals surface area contributed by atoms with Crippen LogP contribution >= 0.6 is 0 Å². The Kier molecular flexibility index (Phi) is 22.3. The van der Waals surface area contributed by atoms with Crippen molar-refractivity contribution in [3.63, 3.8) is 0 Å². The molecule has 0 bridgehead atoms. The molecule has 19 heteroatoms. The number of amides is 3. The predicted octanol–water partition coefficient (Wildman–Crippen LogP) is 5.96. The van der Waals surface area contributed by atoms with Gasteiger partial charge in [0.2, 0.25) is 0 Å². The van der Waals surface area contributed by atoms with E-state index in [4.69, 9.17) is 18.9 Å². The van der Waals surface area contributed by atoms with Gasteiger partial charge in [0, 0.05) is 88.5 Å². The smallest absolute Gasteiger partial charge is 0.395 e. The van der Waals surface area contributed by atoms with Crippen molar-refractivity contribution in [3.8, 4) is 11.3 Å². The van der Waals surface area contributed by atoms with Gasteiger partial charge in [-0.15, -0.1) is 0 Å². The molecule has 0 radical (unpaired) electrons. The van der Waals surface area contributed by atoms with E-state index in [2.05, 4.69) is 30.2 Å². The van der Waals surface area contributed by atoms with Crippen LogP contribution in [0.25, 0.3) is 11.3 Å². The number of ether oxygens (including phenoxy) is 5. The first-order chi connectivity index (χ1) is 32.3. The highest BCUT2D eigenvalue weighted by Gasteiger charge is 2.30. The maximum absolute atomic E-state index is 13.8. The summed E-state index contributed by atoms with van der Waals surface area (Å²) in [6.45, 7) is 9.91. The van der Waals surface area contributed by atoms with Crippen molar-refractivity contribution in [3.05, 3.63) is 113 Å². The lowest BCUT2D eigenvalue weighted by atomic mass is 10.0. The molecule has 0 atom stereocenters. The third kappa shape index (κ3) is 17.8. The van der Waals surface area contributed by atoms with Gasteiger partial charge in [0.15, 0.2) is 0 Å². The molecule has 0 saturated heterocycles. The van der Waals surface area contributed by atoms with E-state index in [-0.39, 0.29) is 49.7 Å². The maximum atomic E-state index is 13.8. The zero-order chi connectivity index (χ0) is 48.6. The molecular weight excluding hydrogens is 878 g/mol. The zero-order valence-corrected chi connectivity index (χ0v) is 38.3. The molecule has 2 N–H and O–H groups in total. The van der Waals surface area contributed by atoms with E-state index in [1.807, 2.05) is 26.0 Å². The molecule has 0 aliphatic heterocycles. The molecule has 3 amide bonds. The number of hydrogen-bond donors (Lipinski definition) is 2. The fourth-order valence-corrected chi connectivity index (χ4v) is 6.63. The van der Waals surface area contributed by atoms with E-state index in [1.54, 1.807) is 61.5 Å². The van der Waals surface area contributed by atoms with Crippen molar-refractivity contribution in [2.75, 3.05) is 110 Å². The van der Waals surface area contributed by atoms with Gasteiger partial charge in [-0.1, -0.05) is 18.2 Å². The highest BCUT2D eigenvalue weighted by Crippen LogP contribution is 2.32. The van der Waals surface area contributed by atoms with Gasteiger partial charge in [0.1, 0.15) is 0 Å². The Morgan fingerprint density at radius 1 is 0.731 bits per heavy atom. The number of rotatable bonds is 29. The standard InChI is InChI=1S/C48H59F3N6O10/c1-5-57(6-2)40-14-16-43(41(31-40)42-15-13-38(33-52-42)45(60)53-32-35-9-7-12-39(29-35)48(49,50)51)54-46(61)36-10-8-11-37(30-36)47(62)55(3)18-19-56(20-23-63-4)21-24-65-26-28-66-27-25-64-22-17-44(59)67-34-58/h7-16,29-31,33-34H,5-6,17-28,32H2,1-4H3,(H,53,60)(H,54,61). The summed E-state index contributed by atoms with van der Waals surface area (Å²) >= 11 is 0. The number of halogens is 3. The molecule has 362 valence electrons. The van der Waals surface area contributed by atoms with Gasteiger partial charge in [-0.25, -0.2) is 0 Å². The number of nitrogens with one attached hydrogen (secondary N) is 2. The minimum Gasteiger partial charge on any atom is -0.395 e. The first-order valence-electron chi connectivity index (χ1n) is 21.8. The Morgan fingerprint density at radius 3 is 2.09 bits per heavy atom. The second kappa shape index (κ2) is 28.0. The molecular formula is C48H59F3N6O10. The topological polar surface area (TPSA) is 178 Å². The molecule has 4 rings (SSSR count). The van der Waals surface area contributed by atoms with E-state index < -0.39 is 29.5 Å². The molecule has 3 aromatic carbocycles. The van der Waals surface area contributed by atoms with Gasteiger partial charge < -0.3 is 44.1 Å². The van der Waals surface area contributed by atoms with Crippen LogP contribution in [0.2, 0.25) is 0 Å². The Bertz CT molecular complexity index is 2210. The van der Waals surface area contributed by atoms with Crippen molar-refractivity contribution in [1.29, 1.82) is 0 Å². The van der Waals surface area contributed by atoms with Gasteiger partial charge in [-0.05, 0) is 80.1 Å². The highest BCUT2D eigenvalue weighted by atomic mass is 19.4. The third-order valence-electron chi connectivity index (χ3n) is 10.4. The van der Waals surface area contributed by atoms with E-state index >= 15 is 0 Å². The van der Waals surface area contributed by atoms with Crippen LogP contribution in [0.15, 0.2) is 85.1 Å². The van der Waals surface area contributed by atoms with Crippen LogP contribution in [0.1, 0.15) is 62.5 Å². The molecule has 1 aromatic heterocycles. The minimum absolute atomic E-state index is 0.0255. The Balaban J connectivity index is 1.34. The lowest BCUT2D eigenvalue weighted by molar-refractivity contribution is -0.152. The van der Waals surface area contributed by atoms with Crippen molar-refractivity contribution >= 4 is 41.5 Å². The van der Waals surface area contributed by atoms with Crippen LogP contribution in [0.3, 0.4) is 0 Å². The van der Waals surface area contributed by atoms with E-state index in [1.165, 1.54) is 18.3 Å². The number of esters is 1. The molecule has 4 aromatic rings. The number of carbonyl (C=O) groups excluding carboxylic acids is 5. The zero-order valence-electron chi connectivity index (χ0n) is 38.3. The number of anilines is 2. The van der Waals surface area contributed by atoms with Gasteiger partial charge >= 0.3 is 18.6 Å². The van der Waals surface area contributed by atoms with Crippen molar-refractivity contribution in [1.82, 2.24) is 20.1 Å². The Morgan fingerprint density at radius 2 is 1.42 bits per heavy atom. The fourth-order valence-electron chi connectivity index (χ4n) is 6.63. The SMILES string of the molecule is CCN(CC)c1ccc(NC(=O)c2cccc(C(=O)N(C)CCN(CCOC)CCOCCOCCOCCC(=O)OC=O)c2)c(-c2ccc(C(=O)NCc3cccc(C(F)(F)F)c3)cn2)c1. The summed E-state index contributed by atoms with van der Waals surface area (Å²) in [5.41, 5.74) is 2.63. The van der Waals surface area contributed by atoms with Gasteiger partial charge in [0.25, 0.3) is 17.7 Å². The molecule has 0 fully saturated rings. The van der Waals surface area contributed by atoms with Crippen LogP contribution in [0.5, 0.6) is 0 Å². The maximum Gasteiger partial charge on any atom is 0.416 e. The van der Waals surface area contributed by atoms with Crippen molar-refractivity contribution in [2.45, 2.75) is 33.0 Å². The first-order valence-corrected chi connectivity index (χ1v) is 21.8. The normalized spacial score (nSPS) is 11.3. The lowest BCUT2D eigenvalue weighted by Crippen LogP contribution is -2.39. The third-order valence-corrected chi connectivity index (χ3v) is 10.4. The molecule has 67 heavy (non-hydrogen) atoms. The van der Waals surface area contributed by atoms with E-state index in [9.17, 15) is 37.1 Å². The largest absolute Gasteiger partial charge is 0.416 e. The van der Waals surface area contributed by atoms with Crippen LogP contribution in [0.4, 0.5) is 24.5 Å². The predicted molar refractivity (Wildman–Crippen MR) is 245 cm³/mol. The first kappa shape index (κ1) is 53.4. The van der Waals surface area contributed by atoms with Crippen LogP contribution < -0.4 is 15.5 Å². The van der Waals surface area contributed by atoms with Crippen LogP contribution in [-0.4, -0.2) is 145 Å². The average molecular weight is 937 g/mol. The molecule has 16 nitrogen and oxygen atoms in total. The van der Waals surface area contributed by atoms with Crippen LogP contribution in [0, 0.1) is 0 Å². The van der Waals surface area contributed by atoms with Gasteiger partial charge in [-0.3, -0.25) is 33.9 Å². The fraction of sp³-hybridized carbons (Fsp3) is 0.417.